The highest BCUT2D eigenvalue weighted by Gasteiger charge is 2.10. The minimum absolute atomic E-state index is 0.158. The van der Waals surface area contributed by atoms with Crippen molar-refractivity contribution in [2.45, 2.75) is 26.3 Å². The van der Waals surface area contributed by atoms with Gasteiger partial charge in [-0.1, -0.05) is 42.5 Å². The first kappa shape index (κ1) is 22.0. The molecule has 0 aliphatic rings. The fourth-order valence-corrected chi connectivity index (χ4v) is 3.50. The highest BCUT2D eigenvalue weighted by atomic mass is 16.5. The van der Waals surface area contributed by atoms with Gasteiger partial charge in [0.2, 0.25) is 0 Å². The monoisotopic (exact) mass is 440 g/mol. The SMILES string of the molecule is CC(=O)Oc1cccc(CCCn2nc(-c3ccccc3Oc3ccccc3)ccc2=O)c1. The first-order valence-electron chi connectivity index (χ1n) is 10.8. The quantitative estimate of drug-likeness (QED) is 0.276. The lowest BCUT2D eigenvalue weighted by Crippen LogP contribution is -2.22. The highest BCUT2D eigenvalue weighted by molar-refractivity contribution is 5.69. The summed E-state index contributed by atoms with van der Waals surface area (Å²) in [6, 6.07) is 27.8. The largest absolute Gasteiger partial charge is 0.457 e. The van der Waals surface area contributed by atoms with Crippen molar-refractivity contribution in [2.75, 3.05) is 0 Å². The van der Waals surface area contributed by atoms with Crippen LogP contribution >= 0.6 is 0 Å². The number of rotatable bonds is 8. The van der Waals surface area contributed by atoms with Crippen molar-refractivity contribution in [2.24, 2.45) is 0 Å². The fraction of sp³-hybridized carbons (Fsp3) is 0.148. The van der Waals surface area contributed by atoms with Gasteiger partial charge in [0.05, 0.1) is 5.69 Å². The van der Waals surface area contributed by atoms with Gasteiger partial charge < -0.3 is 9.47 Å². The number of ether oxygens (including phenoxy) is 2. The normalized spacial score (nSPS) is 10.6. The number of nitrogens with zero attached hydrogens (tertiary/aromatic N) is 2. The van der Waals surface area contributed by atoms with Crippen LogP contribution in [0, 0.1) is 0 Å². The van der Waals surface area contributed by atoms with Crippen molar-refractivity contribution >= 4 is 5.97 Å². The van der Waals surface area contributed by atoms with Crippen LogP contribution in [0.25, 0.3) is 11.3 Å². The molecular weight excluding hydrogens is 416 g/mol. The lowest BCUT2D eigenvalue weighted by molar-refractivity contribution is -0.131. The van der Waals surface area contributed by atoms with E-state index < -0.39 is 0 Å². The molecule has 3 aromatic carbocycles. The minimum atomic E-state index is -0.351. The van der Waals surface area contributed by atoms with E-state index in [0.29, 0.717) is 30.2 Å². The van der Waals surface area contributed by atoms with Crippen molar-refractivity contribution in [1.82, 2.24) is 9.78 Å². The summed E-state index contributed by atoms with van der Waals surface area (Å²) < 4.78 is 12.7. The molecule has 33 heavy (non-hydrogen) atoms. The number of esters is 1. The van der Waals surface area contributed by atoms with Gasteiger partial charge in [-0.05, 0) is 60.9 Å². The Morgan fingerprint density at radius 1 is 0.879 bits per heavy atom. The van der Waals surface area contributed by atoms with Crippen LogP contribution in [0.2, 0.25) is 0 Å². The zero-order valence-electron chi connectivity index (χ0n) is 18.3. The van der Waals surface area contributed by atoms with Gasteiger partial charge in [-0.25, -0.2) is 4.68 Å². The van der Waals surface area contributed by atoms with Gasteiger partial charge >= 0.3 is 5.97 Å². The third-order valence-corrected chi connectivity index (χ3v) is 5.00. The van der Waals surface area contributed by atoms with Gasteiger partial charge in [0.25, 0.3) is 5.56 Å². The van der Waals surface area contributed by atoms with Crippen molar-refractivity contribution in [3.63, 3.8) is 0 Å². The maximum Gasteiger partial charge on any atom is 0.308 e. The fourth-order valence-electron chi connectivity index (χ4n) is 3.50. The second kappa shape index (κ2) is 10.4. The summed E-state index contributed by atoms with van der Waals surface area (Å²) in [4.78, 5) is 23.6. The van der Waals surface area contributed by atoms with Crippen LogP contribution in [-0.2, 0) is 17.8 Å². The summed E-state index contributed by atoms with van der Waals surface area (Å²) in [6.07, 6.45) is 1.43. The first-order valence-corrected chi connectivity index (χ1v) is 10.8. The number of benzene rings is 3. The maximum absolute atomic E-state index is 12.4. The van der Waals surface area contributed by atoms with Crippen molar-refractivity contribution in [3.8, 4) is 28.5 Å². The first-order chi connectivity index (χ1) is 16.1. The van der Waals surface area contributed by atoms with Crippen LogP contribution in [0.1, 0.15) is 18.9 Å². The van der Waals surface area contributed by atoms with E-state index in [2.05, 4.69) is 5.10 Å². The summed E-state index contributed by atoms with van der Waals surface area (Å²) >= 11 is 0. The van der Waals surface area contributed by atoms with E-state index in [4.69, 9.17) is 9.47 Å². The van der Waals surface area contributed by atoms with Gasteiger partial charge in [0.1, 0.15) is 17.2 Å². The summed E-state index contributed by atoms with van der Waals surface area (Å²) in [6.45, 7) is 1.84. The maximum atomic E-state index is 12.4. The van der Waals surface area contributed by atoms with E-state index in [1.807, 2.05) is 72.8 Å². The molecule has 0 atom stereocenters. The molecule has 6 nitrogen and oxygen atoms in total. The lowest BCUT2D eigenvalue weighted by atomic mass is 10.1. The Bertz CT molecular complexity index is 1300. The van der Waals surface area contributed by atoms with Gasteiger partial charge in [0, 0.05) is 25.1 Å². The van der Waals surface area contributed by atoms with Crippen LogP contribution in [0.15, 0.2) is 95.8 Å². The number of aromatic nitrogens is 2. The molecule has 0 aliphatic carbocycles. The second-order valence-corrected chi connectivity index (χ2v) is 7.54. The van der Waals surface area contributed by atoms with E-state index in [0.717, 1.165) is 23.3 Å². The van der Waals surface area contributed by atoms with E-state index in [1.165, 1.54) is 17.7 Å². The van der Waals surface area contributed by atoms with Crippen LogP contribution < -0.4 is 15.0 Å². The smallest absolute Gasteiger partial charge is 0.308 e. The number of hydrogen-bond donors (Lipinski definition) is 0. The molecule has 0 aliphatic heterocycles. The molecule has 0 saturated carbocycles. The predicted octanol–water partition coefficient (Wildman–Crippen LogP) is 5.26. The molecule has 0 N–H and O–H groups in total. The number of aryl methyl sites for hydroxylation is 2. The van der Waals surface area contributed by atoms with Crippen molar-refractivity contribution in [3.05, 3.63) is 107 Å². The average molecular weight is 440 g/mol. The third kappa shape index (κ3) is 5.95. The molecule has 0 spiro atoms. The number of para-hydroxylation sites is 2. The number of carbonyl (C=O) groups excluding carboxylic acids is 1. The standard InChI is InChI=1S/C27H24N2O4/c1-20(30)32-23-13-7-9-21(19-23)10-8-18-29-27(31)17-16-25(28-29)24-14-5-6-15-26(24)33-22-11-3-2-4-12-22/h2-7,9,11-17,19H,8,10,18H2,1H3. The molecule has 0 amide bonds. The minimum Gasteiger partial charge on any atom is -0.457 e. The molecule has 4 aromatic rings. The zero-order chi connectivity index (χ0) is 23.0. The Morgan fingerprint density at radius 3 is 2.45 bits per heavy atom. The van der Waals surface area contributed by atoms with Gasteiger partial charge in [-0.2, -0.15) is 5.10 Å². The summed E-state index contributed by atoms with van der Waals surface area (Å²) in [5, 5.41) is 4.59. The van der Waals surface area contributed by atoms with E-state index in [9.17, 15) is 9.59 Å². The molecule has 0 unspecified atom stereocenters. The van der Waals surface area contributed by atoms with Crippen LogP contribution in [0.4, 0.5) is 0 Å². The second-order valence-electron chi connectivity index (χ2n) is 7.54. The lowest BCUT2D eigenvalue weighted by Gasteiger charge is -2.12. The molecule has 4 rings (SSSR count). The van der Waals surface area contributed by atoms with Gasteiger partial charge in [0.15, 0.2) is 0 Å². The van der Waals surface area contributed by atoms with Crippen LogP contribution in [-0.4, -0.2) is 15.7 Å². The summed E-state index contributed by atoms with van der Waals surface area (Å²) in [5.41, 5.74) is 2.34. The molecule has 6 heteroatoms. The molecule has 1 aromatic heterocycles. The Hall–Kier alpha value is -4.19. The zero-order valence-corrected chi connectivity index (χ0v) is 18.3. The molecular formula is C27H24N2O4. The third-order valence-electron chi connectivity index (χ3n) is 5.00. The number of carbonyl (C=O) groups is 1. The molecule has 166 valence electrons. The number of hydrogen-bond acceptors (Lipinski definition) is 5. The van der Waals surface area contributed by atoms with Gasteiger partial charge in [-0.3, -0.25) is 9.59 Å². The Balaban J connectivity index is 1.49. The van der Waals surface area contributed by atoms with Crippen molar-refractivity contribution < 1.29 is 14.3 Å². The van der Waals surface area contributed by atoms with E-state index >= 15 is 0 Å². The van der Waals surface area contributed by atoms with Gasteiger partial charge in [-0.15, -0.1) is 0 Å². The van der Waals surface area contributed by atoms with E-state index in [-0.39, 0.29) is 11.5 Å². The molecule has 0 bridgehead atoms. The van der Waals surface area contributed by atoms with Crippen molar-refractivity contribution in [1.29, 1.82) is 0 Å². The van der Waals surface area contributed by atoms with Crippen LogP contribution in [0.3, 0.4) is 0 Å². The highest BCUT2D eigenvalue weighted by Crippen LogP contribution is 2.31. The molecule has 0 radical (unpaired) electrons. The van der Waals surface area contributed by atoms with E-state index in [1.54, 1.807) is 12.1 Å². The average Bonchev–Trinajstić information content (AvgIpc) is 2.81. The molecule has 1 heterocycles. The van der Waals surface area contributed by atoms with Crippen LogP contribution in [0.5, 0.6) is 17.2 Å². The molecule has 0 fully saturated rings. The topological polar surface area (TPSA) is 70.4 Å². The Morgan fingerprint density at radius 2 is 1.64 bits per heavy atom. The molecule has 0 saturated heterocycles. The summed E-state index contributed by atoms with van der Waals surface area (Å²) in [7, 11) is 0. The summed E-state index contributed by atoms with van der Waals surface area (Å²) in [5.74, 6) is 1.57. The Labute approximate surface area is 192 Å². The Kier molecular flexibility index (Phi) is 6.95. The predicted molar refractivity (Wildman–Crippen MR) is 127 cm³/mol.